The highest BCUT2D eigenvalue weighted by molar-refractivity contribution is 5.91. The molecular weight excluding hydrogens is 422 g/mol. The first-order chi connectivity index (χ1) is 15.9. The SMILES string of the molecule is COc1ccccc1COC1CCC(Oc2ccc3cc(NC(C)=O)c(=O)oc3c2C)CC1. The lowest BCUT2D eigenvalue weighted by atomic mass is 9.94. The molecule has 1 N–H and O–H groups in total. The topological polar surface area (TPSA) is 87.0 Å². The standard InChI is InChI=1S/C26H29NO6/c1-16-23(13-8-18-14-22(27-17(2)28)26(29)33-25(16)18)32-21-11-9-20(10-12-21)31-15-19-6-4-5-7-24(19)30-3/h4-8,13-14,20-21H,9-12,15H2,1-3H3,(H,27,28). The van der Waals surface area contributed by atoms with E-state index < -0.39 is 5.63 Å². The summed E-state index contributed by atoms with van der Waals surface area (Å²) < 4.78 is 23.3. The maximum Gasteiger partial charge on any atom is 0.360 e. The number of methoxy groups -OCH3 is 1. The van der Waals surface area contributed by atoms with Gasteiger partial charge < -0.3 is 23.9 Å². The van der Waals surface area contributed by atoms with Crippen LogP contribution in [0.25, 0.3) is 11.0 Å². The zero-order valence-corrected chi connectivity index (χ0v) is 19.2. The van der Waals surface area contributed by atoms with E-state index in [1.54, 1.807) is 13.2 Å². The highest BCUT2D eigenvalue weighted by Crippen LogP contribution is 2.32. The van der Waals surface area contributed by atoms with Crippen molar-refractivity contribution < 1.29 is 23.4 Å². The first-order valence-electron chi connectivity index (χ1n) is 11.2. The van der Waals surface area contributed by atoms with Crippen LogP contribution in [-0.2, 0) is 16.1 Å². The van der Waals surface area contributed by atoms with Gasteiger partial charge in [0.05, 0.1) is 25.9 Å². The number of ether oxygens (including phenoxy) is 3. The smallest absolute Gasteiger partial charge is 0.360 e. The fraction of sp³-hybridized carbons (Fsp3) is 0.385. The molecule has 1 fully saturated rings. The third kappa shape index (κ3) is 5.37. The maximum absolute atomic E-state index is 12.2. The van der Waals surface area contributed by atoms with Crippen molar-refractivity contribution in [2.45, 2.75) is 58.3 Å². The van der Waals surface area contributed by atoms with E-state index in [9.17, 15) is 9.59 Å². The van der Waals surface area contributed by atoms with E-state index in [0.717, 1.165) is 47.9 Å². The molecule has 0 saturated heterocycles. The summed E-state index contributed by atoms with van der Waals surface area (Å²) in [7, 11) is 1.67. The van der Waals surface area contributed by atoms with Crippen molar-refractivity contribution in [3.8, 4) is 11.5 Å². The molecule has 0 bridgehead atoms. The van der Waals surface area contributed by atoms with Gasteiger partial charge in [-0.3, -0.25) is 4.79 Å². The Balaban J connectivity index is 1.37. The molecule has 33 heavy (non-hydrogen) atoms. The Hall–Kier alpha value is -3.32. The summed E-state index contributed by atoms with van der Waals surface area (Å²) in [5.41, 5.74) is 1.85. The van der Waals surface area contributed by atoms with Crippen LogP contribution in [0.5, 0.6) is 11.5 Å². The molecule has 3 aromatic rings. The lowest BCUT2D eigenvalue weighted by Gasteiger charge is -2.29. The van der Waals surface area contributed by atoms with Crippen LogP contribution < -0.4 is 20.4 Å². The molecule has 0 radical (unpaired) electrons. The Morgan fingerprint density at radius 1 is 1.06 bits per heavy atom. The molecule has 0 spiro atoms. The van der Waals surface area contributed by atoms with E-state index >= 15 is 0 Å². The van der Waals surface area contributed by atoms with Crippen molar-refractivity contribution in [2.24, 2.45) is 0 Å². The molecule has 4 rings (SSSR count). The predicted octanol–water partition coefficient (Wildman–Crippen LogP) is 4.98. The molecule has 0 aliphatic heterocycles. The molecule has 0 unspecified atom stereocenters. The zero-order chi connectivity index (χ0) is 23.4. The molecule has 7 heteroatoms. The molecule has 1 aliphatic carbocycles. The van der Waals surface area contributed by atoms with Gasteiger partial charge in [-0.2, -0.15) is 0 Å². The predicted molar refractivity (Wildman–Crippen MR) is 126 cm³/mol. The second-order valence-electron chi connectivity index (χ2n) is 8.38. The van der Waals surface area contributed by atoms with Crippen LogP contribution in [0.1, 0.15) is 43.7 Å². The number of anilines is 1. The molecular formula is C26H29NO6. The number of fused-ring (bicyclic) bond motifs is 1. The summed E-state index contributed by atoms with van der Waals surface area (Å²) in [4.78, 5) is 23.5. The first-order valence-corrected chi connectivity index (χ1v) is 11.2. The lowest BCUT2D eigenvalue weighted by Crippen LogP contribution is -2.28. The summed E-state index contributed by atoms with van der Waals surface area (Å²) in [6.07, 6.45) is 3.89. The number of hydrogen-bond donors (Lipinski definition) is 1. The third-order valence-corrected chi connectivity index (χ3v) is 5.99. The number of para-hydroxylation sites is 1. The van der Waals surface area contributed by atoms with Crippen LogP contribution in [0, 0.1) is 6.92 Å². The van der Waals surface area contributed by atoms with Crippen LogP contribution in [0.2, 0.25) is 0 Å². The minimum absolute atomic E-state index is 0.0811. The zero-order valence-electron chi connectivity index (χ0n) is 19.2. The van der Waals surface area contributed by atoms with Gasteiger partial charge in [-0.05, 0) is 56.9 Å². The number of amides is 1. The van der Waals surface area contributed by atoms with E-state index in [2.05, 4.69) is 5.32 Å². The van der Waals surface area contributed by atoms with Crippen LogP contribution in [-0.4, -0.2) is 25.2 Å². The van der Waals surface area contributed by atoms with E-state index in [-0.39, 0.29) is 23.8 Å². The van der Waals surface area contributed by atoms with E-state index in [1.165, 1.54) is 6.92 Å². The molecule has 0 atom stereocenters. The lowest BCUT2D eigenvalue weighted by molar-refractivity contribution is -0.114. The van der Waals surface area contributed by atoms with Gasteiger partial charge in [0.25, 0.3) is 0 Å². The van der Waals surface area contributed by atoms with Gasteiger partial charge >= 0.3 is 5.63 Å². The molecule has 1 amide bonds. The number of aryl methyl sites for hydroxylation is 1. The average molecular weight is 452 g/mol. The monoisotopic (exact) mass is 451 g/mol. The van der Waals surface area contributed by atoms with E-state index in [1.807, 2.05) is 43.3 Å². The number of carbonyl (C=O) groups is 1. The third-order valence-electron chi connectivity index (χ3n) is 5.99. The van der Waals surface area contributed by atoms with Crippen molar-refractivity contribution in [3.63, 3.8) is 0 Å². The maximum atomic E-state index is 12.2. The number of carbonyl (C=O) groups excluding carboxylic acids is 1. The second-order valence-corrected chi connectivity index (χ2v) is 8.38. The van der Waals surface area contributed by atoms with Crippen molar-refractivity contribution in [1.29, 1.82) is 0 Å². The van der Waals surface area contributed by atoms with Crippen LogP contribution >= 0.6 is 0 Å². The minimum atomic E-state index is -0.578. The number of rotatable bonds is 7. The summed E-state index contributed by atoms with van der Waals surface area (Å²) in [6.45, 7) is 3.76. The molecule has 1 aromatic heterocycles. The Labute approximate surface area is 192 Å². The normalized spacial score (nSPS) is 18.2. The van der Waals surface area contributed by atoms with E-state index in [0.29, 0.717) is 17.9 Å². The number of benzene rings is 2. The highest BCUT2D eigenvalue weighted by atomic mass is 16.5. The summed E-state index contributed by atoms with van der Waals surface area (Å²) >= 11 is 0. The largest absolute Gasteiger partial charge is 0.496 e. The molecule has 1 heterocycles. The summed E-state index contributed by atoms with van der Waals surface area (Å²) in [6, 6.07) is 13.3. The van der Waals surface area contributed by atoms with Crippen LogP contribution in [0.15, 0.2) is 51.7 Å². The van der Waals surface area contributed by atoms with Gasteiger partial charge in [0.15, 0.2) is 0 Å². The molecule has 2 aromatic carbocycles. The van der Waals surface area contributed by atoms with Gasteiger partial charge in [0, 0.05) is 23.4 Å². The van der Waals surface area contributed by atoms with Gasteiger partial charge in [-0.25, -0.2) is 4.79 Å². The Bertz CT molecular complexity index is 1190. The Morgan fingerprint density at radius 2 is 1.79 bits per heavy atom. The molecule has 7 nitrogen and oxygen atoms in total. The van der Waals surface area contributed by atoms with Gasteiger partial charge in [0.2, 0.25) is 5.91 Å². The number of nitrogens with one attached hydrogen (secondary N) is 1. The van der Waals surface area contributed by atoms with Gasteiger partial charge in [-0.15, -0.1) is 0 Å². The summed E-state index contributed by atoms with van der Waals surface area (Å²) in [5, 5.41) is 3.23. The number of hydrogen-bond acceptors (Lipinski definition) is 6. The highest BCUT2D eigenvalue weighted by Gasteiger charge is 2.24. The molecule has 1 saturated carbocycles. The van der Waals surface area contributed by atoms with Crippen molar-refractivity contribution in [3.05, 3.63) is 64.0 Å². The van der Waals surface area contributed by atoms with Crippen LogP contribution in [0.4, 0.5) is 5.69 Å². The quantitative estimate of drug-likeness (QED) is 0.510. The van der Waals surface area contributed by atoms with Gasteiger partial charge in [-0.1, -0.05) is 18.2 Å². The van der Waals surface area contributed by atoms with Crippen molar-refractivity contribution >= 4 is 22.6 Å². The fourth-order valence-electron chi connectivity index (χ4n) is 4.24. The first kappa shape index (κ1) is 22.9. The Kier molecular flexibility index (Phi) is 6.99. The summed E-state index contributed by atoms with van der Waals surface area (Å²) in [5.74, 6) is 1.23. The average Bonchev–Trinajstić information content (AvgIpc) is 2.81. The van der Waals surface area contributed by atoms with Gasteiger partial charge in [0.1, 0.15) is 22.8 Å². The van der Waals surface area contributed by atoms with Crippen molar-refractivity contribution in [2.75, 3.05) is 12.4 Å². The van der Waals surface area contributed by atoms with E-state index in [4.69, 9.17) is 18.6 Å². The second kappa shape index (κ2) is 10.1. The van der Waals surface area contributed by atoms with Crippen LogP contribution in [0.3, 0.4) is 0 Å². The Morgan fingerprint density at radius 3 is 2.52 bits per heavy atom. The minimum Gasteiger partial charge on any atom is -0.496 e. The fourth-order valence-corrected chi connectivity index (χ4v) is 4.24. The van der Waals surface area contributed by atoms with Crippen molar-refractivity contribution in [1.82, 2.24) is 0 Å². The molecule has 1 aliphatic rings. The molecule has 174 valence electrons.